The summed E-state index contributed by atoms with van der Waals surface area (Å²) in [5.74, 6) is -0.262. The quantitative estimate of drug-likeness (QED) is 0.666. The smallest absolute Gasteiger partial charge is 0.269 e. The summed E-state index contributed by atoms with van der Waals surface area (Å²) >= 11 is 3.39. The molecule has 6 heteroatoms. The molecule has 0 spiro atoms. The third-order valence-electron chi connectivity index (χ3n) is 3.11. The molecule has 2 aromatic rings. The predicted octanol–water partition coefficient (Wildman–Crippen LogP) is 4.23. The molecule has 0 saturated heterocycles. The molecular weight excluding hydrogens is 336 g/mol. The fraction of sp³-hybridized carbons (Fsp3) is 0.133. The highest BCUT2D eigenvalue weighted by Gasteiger charge is 2.14. The molecule has 0 aliphatic carbocycles. The van der Waals surface area contributed by atoms with Gasteiger partial charge >= 0.3 is 0 Å². The van der Waals surface area contributed by atoms with Crippen LogP contribution in [0, 0.1) is 24.0 Å². The van der Waals surface area contributed by atoms with E-state index in [-0.39, 0.29) is 11.6 Å². The fourth-order valence-electron chi connectivity index (χ4n) is 1.91. The van der Waals surface area contributed by atoms with Crippen molar-refractivity contribution in [2.75, 3.05) is 5.32 Å². The van der Waals surface area contributed by atoms with Crippen molar-refractivity contribution in [3.05, 3.63) is 67.7 Å². The first kappa shape index (κ1) is 15.2. The number of hydrogen-bond acceptors (Lipinski definition) is 3. The van der Waals surface area contributed by atoms with E-state index in [1.807, 2.05) is 13.0 Å². The Morgan fingerprint density at radius 3 is 2.52 bits per heavy atom. The van der Waals surface area contributed by atoms with Crippen LogP contribution in [0.15, 0.2) is 40.9 Å². The number of hydrogen-bond donors (Lipinski definition) is 1. The van der Waals surface area contributed by atoms with E-state index in [2.05, 4.69) is 21.2 Å². The van der Waals surface area contributed by atoms with Crippen molar-refractivity contribution in [3.8, 4) is 0 Å². The van der Waals surface area contributed by atoms with Crippen LogP contribution in [0.2, 0.25) is 0 Å². The maximum atomic E-state index is 12.3. The van der Waals surface area contributed by atoms with E-state index in [1.165, 1.54) is 18.2 Å². The number of non-ortho nitro benzene ring substituents is 1. The van der Waals surface area contributed by atoms with E-state index in [1.54, 1.807) is 19.1 Å². The van der Waals surface area contributed by atoms with Gasteiger partial charge in [0.25, 0.3) is 11.6 Å². The van der Waals surface area contributed by atoms with Crippen LogP contribution in [0.5, 0.6) is 0 Å². The van der Waals surface area contributed by atoms with Crippen molar-refractivity contribution < 1.29 is 9.72 Å². The van der Waals surface area contributed by atoms with Gasteiger partial charge in [0, 0.05) is 22.3 Å². The lowest BCUT2D eigenvalue weighted by atomic mass is 10.1. The highest BCUT2D eigenvalue weighted by molar-refractivity contribution is 9.10. The number of aryl methyl sites for hydroxylation is 2. The minimum absolute atomic E-state index is 0.00207. The number of rotatable bonds is 3. The number of amides is 1. The molecule has 0 aliphatic rings. The standard InChI is InChI=1S/C15H13BrN2O3/c1-9-4-3-5-12(14(9)16)15(19)17-13-7-6-11(18(20)21)8-10(13)2/h3-8H,1-2H3,(H,17,19). The zero-order valence-electron chi connectivity index (χ0n) is 11.5. The van der Waals surface area contributed by atoms with Gasteiger partial charge in [0.15, 0.2) is 0 Å². The van der Waals surface area contributed by atoms with Crippen molar-refractivity contribution in [3.63, 3.8) is 0 Å². The van der Waals surface area contributed by atoms with Crippen molar-refractivity contribution >= 4 is 33.2 Å². The van der Waals surface area contributed by atoms with Gasteiger partial charge in [0.05, 0.1) is 10.5 Å². The zero-order chi connectivity index (χ0) is 15.6. The lowest BCUT2D eigenvalue weighted by Gasteiger charge is -2.10. The number of benzene rings is 2. The number of nitro groups is 1. The third-order valence-corrected chi connectivity index (χ3v) is 4.16. The Labute approximate surface area is 130 Å². The third kappa shape index (κ3) is 3.28. The van der Waals surface area contributed by atoms with Gasteiger partial charge in [0.1, 0.15) is 0 Å². The average Bonchev–Trinajstić information content (AvgIpc) is 2.43. The zero-order valence-corrected chi connectivity index (χ0v) is 13.1. The Kier molecular flexibility index (Phi) is 4.37. The summed E-state index contributed by atoms with van der Waals surface area (Å²) < 4.78 is 0.738. The van der Waals surface area contributed by atoms with Crippen molar-refractivity contribution in [1.82, 2.24) is 0 Å². The van der Waals surface area contributed by atoms with Gasteiger partial charge in [-0.15, -0.1) is 0 Å². The van der Waals surface area contributed by atoms with E-state index in [9.17, 15) is 14.9 Å². The molecule has 0 aromatic heterocycles. The summed E-state index contributed by atoms with van der Waals surface area (Å²) in [6, 6.07) is 9.76. The molecule has 0 unspecified atom stereocenters. The highest BCUT2D eigenvalue weighted by atomic mass is 79.9. The van der Waals surface area contributed by atoms with Gasteiger partial charge in [-0.2, -0.15) is 0 Å². The van der Waals surface area contributed by atoms with Crippen molar-refractivity contribution in [2.24, 2.45) is 0 Å². The molecular formula is C15H13BrN2O3. The van der Waals surface area contributed by atoms with Crippen molar-refractivity contribution in [2.45, 2.75) is 13.8 Å². The molecule has 1 amide bonds. The largest absolute Gasteiger partial charge is 0.322 e. The Morgan fingerprint density at radius 1 is 1.19 bits per heavy atom. The minimum Gasteiger partial charge on any atom is -0.322 e. The first-order valence-corrected chi connectivity index (χ1v) is 7.01. The second-order valence-corrected chi connectivity index (χ2v) is 5.44. The first-order chi connectivity index (χ1) is 9.90. The lowest BCUT2D eigenvalue weighted by molar-refractivity contribution is -0.384. The van der Waals surface area contributed by atoms with E-state index in [0.717, 1.165) is 10.0 Å². The Balaban J connectivity index is 2.28. The predicted molar refractivity (Wildman–Crippen MR) is 84.7 cm³/mol. The first-order valence-electron chi connectivity index (χ1n) is 6.21. The molecule has 2 rings (SSSR count). The molecule has 108 valence electrons. The summed E-state index contributed by atoms with van der Waals surface area (Å²) in [6.45, 7) is 3.62. The summed E-state index contributed by atoms with van der Waals surface area (Å²) in [6.07, 6.45) is 0. The number of anilines is 1. The van der Waals surface area contributed by atoms with E-state index < -0.39 is 4.92 Å². The molecule has 0 bridgehead atoms. The summed E-state index contributed by atoms with van der Waals surface area (Å²) in [5, 5.41) is 13.5. The topological polar surface area (TPSA) is 72.2 Å². The molecule has 21 heavy (non-hydrogen) atoms. The Bertz CT molecular complexity index is 729. The maximum absolute atomic E-state index is 12.3. The second-order valence-electron chi connectivity index (χ2n) is 4.65. The number of carbonyl (C=O) groups excluding carboxylic acids is 1. The highest BCUT2D eigenvalue weighted by Crippen LogP contribution is 2.25. The molecule has 0 atom stereocenters. The van der Waals surface area contributed by atoms with E-state index >= 15 is 0 Å². The van der Waals surface area contributed by atoms with Gasteiger partial charge in [0.2, 0.25) is 0 Å². The molecule has 0 aliphatic heterocycles. The SMILES string of the molecule is Cc1cc([N+](=O)[O-])ccc1NC(=O)c1cccc(C)c1Br. The van der Waals surface area contributed by atoms with E-state index in [0.29, 0.717) is 16.8 Å². The fourth-order valence-corrected chi connectivity index (χ4v) is 2.36. The van der Waals surface area contributed by atoms with E-state index in [4.69, 9.17) is 0 Å². The van der Waals surface area contributed by atoms with Gasteiger partial charge in [-0.25, -0.2) is 0 Å². The van der Waals surface area contributed by atoms with Gasteiger partial charge in [-0.1, -0.05) is 12.1 Å². The molecule has 2 aromatic carbocycles. The number of carbonyl (C=O) groups is 1. The van der Waals surface area contributed by atoms with Crippen LogP contribution in [0.25, 0.3) is 0 Å². The number of nitro benzene ring substituents is 1. The van der Waals surface area contributed by atoms with Gasteiger partial charge in [-0.3, -0.25) is 14.9 Å². The summed E-state index contributed by atoms with van der Waals surface area (Å²) in [5.41, 5.74) is 2.68. The lowest BCUT2D eigenvalue weighted by Crippen LogP contribution is -2.13. The molecule has 0 heterocycles. The molecule has 0 fully saturated rings. The Morgan fingerprint density at radius 2 is 1.90 bits per heavy atom. The Hall–Kier alpha value is -2.21. The van der Waals surface area contributed by atoms with Crippen LogP contribution >= 0.6 is 15.9 Å². The minimum atomic E-state index is -0.463. The van der Waals surface area contributed by atoms with Crippen LogP contribution in [-0.2, 0) is 0 Å². The van der Waals surface area contributed by atoms with Crippen LogP contribution in [0.4, 0.5) is 11.4 Å². The molecule has 0 radical (unpaired) electrons. The van der Waals surface area contributed by atoms with Gasteiger partial charge < -0.3 is 5.32 Å². The summed E-state index contributed by atoms with van der Waals surface area (Å²) in [4.78, 5) is 22.5. The monoisotopic (exact) mass is 348 g/mol. The average molecular weight is 349 g/mol. The molecule has 0 saturated carbocycles. The molecule has 1 N–H and O–H groups in total. The molecule has 5 nitrogen and oxygen atoms in total. The maximum Gasteiger partial charge on any atom is 0.269 e. The number of nitrogens with one attached hydrogen (secondary N) is 1. The van der Waals surface area contributed by atoms with Crippen LogP contribution in [0.3, 0.4) is 0 Å². The number of nitrogens with zero attached hydrogens (tertiary/aromatic N) is 1. The summed E-state index contributed by atoms with van der Waals surface area (Å²) in [7, 11) is 0. The second kappa shape index (κ2) is 6.05. The van der Waals surface area contributed by atoms with Crippen LogP contribution < -0.4 is 5.32 Å². The van der Waals surface area contributed by atoms with Crippen LogP contribution in [0.1, 0.15) is 21.5 Å². The number of halogens is 1. The van der Waals surface area contributed by atoms with Crippen LogP contribution in [-0.4, -0.2) is 10.8 Å². The van der Waals surface area contributed by atoms with Gasteiger partial charge in [-0.05, 0) is 53.0 Å². The normalized spacial score (nSPS) is 10.2. The van der Waals surface area contributed by atoms with Crippen molar-refractivity contribution in [1.29, 1.82) is 0 Å².